The van der Waals surface area contributed by atoms with Crippen LogP contribution in [0.1, 0.15) is 322 Å². The van der Waals surface area contributed by atoms with Gasteiger partial charge in [-0.1, -0.05) is 353 Å². The topological polar surface area (TPSA) is 228 Å². The molecule has 102 heavy (non-hydrogen) atoms. The summed E-state index contributed by atoms with van der Waals surface area (Å²) >= 11 is 0. The molecule has 1 amide bonds. The van der Waals surface area contributed by atoms with E-state index < -0.39 is 86.8 Å². The van der Waals surface area contributed by atoms with Gasteiger partial charge in [0.05, 0.1) is 32.0 Å². The van der Waals surface area contributed by atoms with Gasteiger partial charge in [-0.25, -0.2) is 0 Å². The summed E-state index contributed by atoms with van der Waals surface area (Å²) in [4.78, 5) is 13.4. The summed E-state index contributed by atoms with van der Waals surface area (Å²) in [6.07, 6.45) is 88.1. The highest BCUT2D eigenvalue weighted by Crippen LogP contribution is 2.30. The largest absolute Gasteiger partial charge is 0.394 e. The Hall–Kier alpha value is -3.87. The summed E-state index contributed by atoms with van der Waals surface area (Å²) in [5, 5.41) is 87.7. The van der Waals surface area contributed by atoms with Crippen LogP contribution in [-0.2, 0) is 23.7 Å². The van der Waals surface area contributed by atoms with Crippen LogP contribution >= 0.6 is 0 Å². The number of ether oxygens (including phenoxy) is 4. The average Bonchev–Trinajstić information content (AvgIpc) is 0.790. The molecule has 9 N–H and O–H groups in total. The fourth-order valence-corrected chi connectivity index (χ4v) is 12.9. The van der Waals surface area contributed by atoms with Crippen LogP contribution in [0.2, 0.25) is 0 Å². The molecule has 2 aliphatic heterocycles. The molecule has 2 heterocycles. The van der Waals surface area contributed by atoms with Gasteiger partial charge in [0.1, 0.15) is 48.8 Å². The van der Waals surface area contributed by atoms with Crippen LogP contribution < -0.4 is 5.32 Å². The Labute approximate surface area is 621 Å². The second kappa shape index (κ2) is 70.1. The highest BCUT2D eigenvalue weighted by atomic mass is 16.7. The molecule has 0 saturated carbocycles. The van der Waals surface area contributed by atoms with Gasteiger partial charge >= 0.3 is 0 Å². The number of hydrogen-bond acceptors (Lipinski definition) is 13. The minimum Gasteiger partial charge on any atom is -0.394 e. The lowest BCUT2D eigenvalue weighted by atomic mass is 9.97. The first kappa shape index (κ1) is 94.2. The molecule has 0 aliphatic carbocycles. The Morgan fingerprint density at radius 2 is 0.676 bits per heavy atom. The van der Waals surface area contributed by atoms with E-state index in [0.29, 0.717) is 6.42 Å². The van der Waals surface area contributed by atoms with Gasteiger partial charge in [0.15, 0.2) is 12.6 Å². The molecule has 2 aliphatic rings. The second-order valence-electron chi connectivity index (χ2n) is 28.5. The smallest absolute Gasteiger partial charge is 0.220 e. The van der Waals surface area contributed by atoms with Crippen molar-refractivity contribution in [3.8, 4) is 0 Å². The molecule has 0 aromatic heterocycles. The first-order chi connectivity index (χ1) is 50.1. The van der Waals surface area contributed by atoms with Crippen LogP contribution in [0.25, 0.3) is 0 Å². The number of rotatable bonds is 68. The van der Waals surface area contributed by atoms with Crippen LogP contribution in [0.15, 0.2) is 134 Å². The third kappa shape index (κ3) is 52.2. The maximum atomic E-state index is 13.4. The Morgan fingerprint density at radius 1 is 0.363 bits per heavy atom. The molecule has 2 saturated heterocycles. The van der Waals surface area contributed by atoms with Crippen molar-refractivity contribution in [2.45, 2.75) is 396 Å². The van der Waals surface area contributed by atoms with E-state index >= 15 is 0 Å². The van der Waals surface area contributed by atoms with Gasteiger partial charge in [0, 0.05) is 6.42 Å². The van der Waals surface area contributed by atoms with Gasteiger partial charge in [-0.05, 0) is 96.3 Å². The summed E-state index contributed by atoms with van der Waals surface area (Å²) < 4.78 is 22.9. The van der Waals surface area contributed by atoms with Gasteiger partial charge in [0.2, 0.25) is 5.91 Å². The van der Waals surface area contributed by atoms with Gasteiger partial charge in [-0.3, -0.25) is 4.79 Å². The van der Waals surface area contributed by atoms with Crippen molar-refractivity contribution >= 4 is 5.91 Å². The highest BCUT2D eigenvalue weighted by molar-refractivity contribution is 5.76. The van der Waals surface area contributed by atoms with E-state index in [4.69, 9.17) is 18.9 Å². The quantitative estimate of drug-likeness (QED) is 0.0204. The molecule has 0 aromatic rings. The summed E-state index contributed by atoms with van der Waals surface area (Å²) in [6, 6.07) is -0.928. The lowest BCUT2D eigenvalue weighted by Crippen LogP contribution is -2.65. The Balaban J connectivity index is 1.62. The first-order valence-electron chi connectivity index (χ1n) is 41.4. The fraction of sp³-hybridized carbons (Fsp3) is 0.739. The summed E-state index contributed by atoms with van der Waals surface area (Å²) in [5.74, 6) is -0.245. The molecular weight excluding hydrogens is 1280 g/mol. The number of unbranched alkanes of at least 4 members (excludes halogenated alkanes) is 35. The van der Waals surface area contributed by atoms with Gasteiger partial charge in [0.25, 0.3) is 0 Å². The minimum atomic E-state index is -1.80. The zero-order chi connectivity index (χ0) is 73.7. The molecule has 2 fully saturated rings. The molecule has 0 aromatic carbocycles. The highest BCUT2D eigenvalue weighted by Gasteiger charge is 2.51. The van der Waals surface area contributed by atoms with E-state index in [1.165, 1.54) is 186 Å². The molecule has 12 atom stereocenters. The van der Waals surface area contributed by atoms with Crippen LogP contribution in [0, 0.1) is 0 Å². The normalized spacial score (nSPS) is 22.4. The van der Waals surface area contributed by atoms with Crippen molar-refractivity contribution in [3.63, 3.8) is 0 Å². The molecular formula is C88H151NO13. The van der Waals surface area contributed by atoms with E-state index in [-0.39, 0.29) is 18.9 Å². The van der Waals surface area contributed by atoms with Crippen molar-refractivity contribution in [1.29, 1.82) is 0 Å². The lowest BCUT2D eigenvalue weighted by Gasteiger charge is -2.46. The number of carbonyl (C=O) groups is 1. The van der Waals surface area contributed by atoms with E-state index in [1.807, 2.05) is 6.08 Å². The number of hydrogen-bond donors (Lipinski definition) is 9. The van der Waals surface area contributed by atoms with Crippen molar-refractivity contribution < 1.29 is 64.6 Å². The van der Waals surface area contributed by atoms with Crippen LogP contribution in [-0.4, -0.2) is 140 Å². The van der Waals surface area contributed by atoms with E-state index in [0.717, 1.165) is 109 Å². The maximum absolute atomic E-state index is 13.4. The summed E-state index contributed by atoms with van der Waals surface area (Å²) in [7, 11) is 0. The summed E-state index contributed by atoms with van der Waals surface area (Å²) in [6.45, 7) is 2.71. The number of aliphatic hydroxyl groups excluding tert-OH is 8. The molecule has 14 nitrogen and oxygen atoms in total. The van der Waals surface area contributed by atoms with Crippen LogP contribution in [0.4, 0.5) is 0 Å². The maximum Gasteiger partial charge on any atom is 0.220 e. The van der Waals surface area contributed by atoms with E-state index in [2.05, 4.69) is 141 Å². The molecule has 0 bridgehead atoms. The molecule has 0 spiro atoms. The van der Waals surface area contributed by atoms with Crippen LogP contribution in [0.5, 0.6) is 0 Å². The average molecular weight is 1430 g/mol. The monoisotopic (exact) mass is 1430 g/mol. The van der Waals surface area contributed by atoms with Crippen LogP contribution in [0.3, 0.4) is 0 Å². The second-order valence-corrected chi connectivity index (χ2v) is 28.5. The van der Waals surface area contributed by atoms with Crippen molar-refractivity contribution in [3.05, 3.63) is 134 Å². The predicted molar refractivity (Wildman–Crippen MR) is 424 cm³/mol. The molecule has 0 radical (unpaired) electrons. The van der Waals surface area contributed by atoms with Crippen molar-refractivity contribution in [2.75, 3.05) is 19.8 Å². The number of aliphatic hydroxyl groups is 8. The molecule has 2 rings (SSSR count). The van der Waals surface area contributed by atoms with Gasteiger partial charge in [-0.15, -0.1) is 0 Å². The van der Waals surface area contributed by atoms with E-state index in [1.54, 1.807) is 6.08 Å². The lowest BCUT2D eigenvalue weighted by molar-refractivity contribution is -0.359. The van der Waals surface area contributed by atoms with Crippen molar-refractivity contribution in [1.82, 2.24) is 5.32 Å². The summed E-state index contributed by atoms with van der Waals surface area (Å²) in [5.41, 5.74) is 0. The Bertz CT molecular complexity index is 2230. The zero-order valence-corrected chi connectivity index (χ0v) is 64.3. The third-order valence-corrected chi connectivity index (χ3v) is 19.3. The van der Waals surface area contributed by atoms with E-state index in [9.17, 15) is 45.6 Å². The first-order valence-corrected chi connectivity index (χ1v) is 41.4. The standard InChI is InChI=1S/C88H151NO13/c1-3-5-7-9-11-13-15-17-19-21-23-25-27-29-31-32-33-34-35-36-37-38-39-40-41-42-43-44-46-48-50-52-54-56-58-60-62-64-66-68-70-72-80(93)89-76(75-99-87-85(98)83(96)86(79(74-91)101-87)102-88-84(97)82(95)81(94)78(73-90)100-88)77(92)71-69-67-65-63-61-59-57-55-53-51-49-47-45-30-28-26-24-22-20-18-16-14-12-10-8-6-4-2/h5,7,11,13,17,19,23,25,29,31,33-34,36-37,39-40,42-43,46,48,69,71,76-79,81-88,90-92,94-98H,3-4,6,8-10,12,14-16,18,20-22,24,26-28,30,32,35,38,41,44-45,47,49-68,70,72-75H2,1-2H3,(H,89,93)/b7-5-,13-11-,19-17-,25-23-,31-29-,34-33-,37-36-,40-39-,43-42-,48-46-,71-69+. The Morgan fingerprint density at radius 3 is 1.04 bits per heavy atom. The number of allylic oxidation sites excluding steroid dienone is 21. The fourth-order valence-electron chi connectivity index (χ4n) is 12.9. The number of nitrogens with one attached hydrogen (secondary N) is 1. The predicted octanol–water partition coefficient (Wildman–Crippen LogP) is 19.4. The number of amides is 1. The zero-order valence-electron chi connectivity index (χ0n) is 64.3. The third-order valence-electron chi connectivity index (χ3n) is 19.3. The SMILES string of the molecule is CC/C=C\C/C=C\C/C=C\C/C=C\C/C=C\C/C=C\C/C=C\C/C=C\C/C=C\C/C=C\CCCCCCCCCCCCC(=O)NC(COC1OC(CO)C(OC2OC(CO)C(O)C(O)C2O)C(O)C1O)C(O)/C=C/CCCCCCCCCCCCCCCCCCCCCCCCCCC. The van der Waals surface area contributed by atoms with Gasteiger partial charge < -0.3 is 65.1 Å². The molecule has 14 heteroatoms. The van der Waals surface area contributed by atoms with Gasteiger partial charge in [-0.2, -0.15) is 0 Å². The number of carbonyl (C=O) groups excluding carboxylic acids is 1. The minimum absolute atomic E-state index is 0.245. The molecule has 12 unspecified atom stereocenters. The van der Waals surface area contributed by atoms with Crippen molar-refractivity contribution in [2.24, 2.45) is 0 Å². The Kier molecular flexibility index (Phi) is 64.8. The molecule has 586 valence electrons.